The third-order valence-corrected chi connectivity index (χ3v) is 6.04. The van der Waals surface area contributed by atoms with E-state index in [9.17, 15) is 27.6 Å². The first-order chi connectivity index (χ1) is 14.1. The molecule has 4 amide bonds. The highest BCUT2D eigenvalue weighted by atomic mass is 19.4. The van der Waals surface area contributed by atoms with E-state index < -0.39 is 41.7 Å². The number of hydrogen-bond acceptors (Lipinski definition) is 4. The average molecular weight is 424 g/mol. The maximum atomic E-state index is 13.2. The number of carbonyl (C=O) groups is 3. The number of rotatable bonds is 5. The number of nitrogens with zero attached hydrogens (tertiary/aromatic N) is 2. The number of amides is 4. The molecule has 162 valence electrons. The van der Waals surface area contributed by atoms with Crippen LogP contribution in [0.15, 0.2) is 18.2 Å². The number of imide groups is 1. The zero-order valence-electron chi connectivity index (χ0n) is 16.5. The van der Waals surface area contributed by atoms with E-state index in [-0.39, 0.29) is 11.6 Å². The van der Waals surface area contributed by atoms with Gasteiger partial charge in [0.25, 0.3) is 5.91 Å². The van der Waals surface area contributed by atoms with Crippen molar-refractivity contribution in [3.8, 4) is 0 Å². The number of alkyl halides is 3. The predicted molar refractivity (Wildman–Crippen MR) is 103 cm³/mol. The minimum atomic E-state index is -4.56. The minimum Gasteiger partial charge on any atom is -0.370 e. The molecule has 10 heteroatoms. The fraction of sp³-hybridized carbons (Fsp3) is 0.550. The monoisotopic (exact) mass is 424 g/mol. The molecule has 2 N–H and O–H groups in total. The molecule has 0 radical (unpaired) electrons. The summed E-state index contributed by atoms with van der Waals surface area (Å²) in [4.78, 5) is 40.3. The second kappa shape index (κ2) is 7.17. The van der Waals surface area contributed by atoms with Gasteiger partial charge in [0, 0.05) is 13.1 Å². The van der Waals surface area contributed by atoms with Gasteiger partial charge in [-0.3, -0.25) is 14.5 Å². The maximum Gasteiger partial charge on any atom is 0.416 e. The van der Waals surface area contributed by atoms with Crippen LogP contribution in [-0.2, 0) is 15.8 Å². The van der Waals surface area contributed by atoms with Crippen LogP contribution in [0, 0.1) is 5.92 Å². The van der Waals surface area contributed by atoms with Crippen LogP contribution in [-0.4, -0.2) is 47.9 Å². The van der Waals surface area contributed by atoms with E-state index >= 15 is 0 Å². The number of hydrogen-bond donors (Lipinski definition) is 2. The first-order valence-corrected chi connectivity index (χ1v) is 10.00. The summed E-state index contributed by atoms with van der Waals surface area (Å²) in [6, 6.07) is 2.57. The van der Waals surface area contributed by atoms with Crippen molar-refractivity contribution in [2.75, 3.05) is 29.9 Å². The maximum absolute atomic E-state index is 13.2. The Balaban J connectivity index is 1.53. The topological polar surface area (TPSA) is 81.8 Å². The molecular formula is C20H23F3N4O3. The van der Waals surface area contributed by atoms with E-state index in [1.165, 1.54) is 6.07 Å². The molecule has 2 aliphatic heterocycles. The second-order valence-corrected chi connectivity index (χ2v) is 8.27. The predicted octanol–water partition coefficient (Wildman–Crippen LogP) is 2.96. The fourth-order valence-corrected chi connectivity index (χ4v) is 4.18. The summed E-state index contributed by atoms with van der Waals surface area (Å²) < 4.78 is 39.5. The van der Waals surface area contributed by atoms with E-state index in [0.29, 0.717) is 18.8 Å². The number of anilines is 2. The lowest BCUT2D eigenvalue weighted by Crippen LogP contribution is -2.46. The highest BCUT2D eigenvalue weighted by Crippen LogP contribution is 2.42. The van der Waals surface area contributed by atoms with Crippen molar-refractivity contribution in [3.05, 3.63) is 23.8 Å². The molecule has 0 spiro atoms. The van der Waals surface area contributed by atoms with Gasteiger partial charge in [0.2, 0.25) is 5.91 Å². The van der Waals surface area contributed by atoms with E-state index in [0.717, 1.165) is 42.7 Å². The Kier molecular flexibility index (Phi) is 4.90. The van der Waals surface area contributed by atoms with Gasteiger partial charge >= 0.3 is 12.2 Å². The molecule has 1 aromatic rings. The Morgan fingerprint density at radius 3 is 2.50 bits per heavy atom. The summed E-state index contributed by atoms with van der Waals surface area (Å²) in [6.45, 7) is 2.45. The second-order valence-electron chi connectivity index (χ2n) is 8.27. The van der Waals surface area contributed by atoms with Gasteiger partial charge in [-0.15, -0.1) is 0 Å². The van der Waals surface area contributed by atoms with Crippen LogP contribution in [0.5, 0.6) is 0 Å². The number of halogens is 3. The molecule has 30 heavy (non-hydrogen) atoms. The van der Waals surface area contributed by atoms with Crippen molar-refractivity contribution in [2.45, 2.75) is 44.3 Å². The van der Waals surface area contributed by atoms with Gasteiger partial charge in [-0.2, -0.15) is 13.2 Å². The Labute approximate surface area is 171 Å². The quantitative estimate of drug-likeness (QED) is 0.713. The van der Waals surface area contributed by atoms with Crippen molar-refractivity contribution in [3.63, 3.8) is 0 Å². The third-order valence-electron chi connectivity index (χ3n) is 6.04. The zero-order chi connectivity index (χ0) is 21.7. The third kappa shape index (κ3) is 3.70. The smallest absolute Gasteiger partial charge is 0.370 e. The van der Waals surface area contributed by atoms with E-state index in [1.54, 1.807) is 6.92 Å². The summed E-state index contributed by atoms with van der Waals surface area (Å²) >= 11 is 0. The summed E-state index contributed by atoms with van der Waals surface area (Å²) in [5.74, 6) is -1.15. The van der Waals surface area contributed by atoms with Crippen molar-refractivity contribution in [1.82, 2.24) is 10.2 Å². The van der Waals surface area contributed by atoms with Gasteiger partial charge in [0.1, 0.15) is 12.1 Å². The lowest BCUT2D eigenvalue weighted by molar-refractivity contribution is -0.137. The lowest BCUT2D eigenvalue weighted by Gasteiger charge is -2.23. The molecule has 0 unspecified atom stereocenters. The highest BCUT2D eigenvalue weighted by molar-refractivity contribution is 6.10. The molecule has 3 aliphatic rings. The molecule has 3 fully saturated rings. The van der Waals surface area contributed by atoms with Crippen LogP contribution >= 0.6 is 0 Å². The van der Waals surface area contributed by atoms with Crippen molar-refractivity contribution < 1.29 is 27.6 Å². The van der Waals surface area contributed by atoms with E-state index in [2.05, 4.69) is 10.6 Å². The normalized spacial score (nSPS) is 24.4. The number of carbonyl (C=O) groups excluding carboxylic acids is 3. The molecule has 1 atom stereocenters. The van der Waals surface area contributed by atoms with Crippen LogP contribution in [0.4, 0.5) is 29.3 Å². The van der Waals surface area contributed by atoms with Gasteiger partial charge in [-0.1, -0.05) is 0 Å². The summed E-state index contributed by atoms with van der Waals surface area (Å²) in [6.07, 6.45) is -1.08. The number of nitrogens with one attached hydrogen (secondary N) is 2. The van der Waals surface area contributed by atoms with Crippen LogP contribution < -0.4 is 15.5 Å². The van der Waals surface area contributed by atoms with E-state index in [4.69, 9.17) is 0 Å². The summed E-state index contributed by atoms with van der Waals surface area (Å²) in [5, 5.41) is 5.13. The lowest BCUT2D eigenvalue weighted by atomic mass is 9.96. The molecule has 1 aromatic carbocycles. The van der Waals surface area contributed by atoms with Crippen molar-refractivity contribution in [1.29, 1.82) is 0 Å². The van der Waals surface area contributed by atoms with Crippen LogP contribution in [0.25, 0.3) is 0 Å². The molecule has 0 bridgehead atoms. The van der Waals surface area contributed by atoms with E-state index in [1.807, 2.05) is 4.90 Å². The first-order valence-electron chi connectivity index (χ1n) is 10.00. The minimum absolute atomic E-state index is 0.0220. The molecule has 1 aliphatic carbocycles. The molecule has 0 aromatic heterocycles. The molecule has 7 nitrogen and oxygen atoms in total. The van der Waals surface area contributed by atoms with Gasteiger partial charge in [-0.25, -0.2) is 4.79 Å². The largest absolute Gasteiger partial charge is 0.416 e. The van der Waals surface area contributed by atoms with Gasteiger partial charge in [0.15, 0.2) is 0 Å². The Hall–Kier alpha value is -2.78. The van der Waals surface area contributed by atoms with Crippen LogP contribution in [0.3, 0.4) is 0 Å². The Morgan fingerprint density at radius 2 is 1.90 bits per heavy atom. The summed E-state index contributed by atoms with van der Waals surface area (Å²) in [5.41, 5.74) is -1.38. The Bertz CT molecular complexity index is 894. The Morgan fingerprint density at radius 1 is 1.23 bits per heavy atom. The van der Waals surface area contributed by atoms with Crippen molar-refractivity contribution >= 4 is 29.2 Å². The first kappa shape index (κ1) is 20.5. The standard InChI is InChI=1S/C20H23F3N4O3/c1-19(12-4-5-12)17(29)27(18(30)25-19)11-16(28)24-14-10-13(20(21,22)23)6-7-15(14)26-8-2-3-9-26/h6-7,10,12H,2-5,8-9,11H2,1H3,(H,24,28)(H,25,30)/t19-/m0/s1. The molecule has 1 saturated carbocycles. The molecular weight excluding hydrogens is 401 g/mol. The van der Waals surface area contributed by atoms with Crippen LogP contribution in [0.2, 0.25) is 0 Å². The zero-order valence-corrected chi connectivity index (χ0v) is 16.5. The number of benzene rings is 1. The van der Waals surface area contributed by atoms with Gasteiger partial charge < -0.3 is 15.5 Å². The fourth-order valence-electron chi connectivity index (χ4n) is 4.18. The molecule has 4 rings (SSSR count). The van der Waals surface area contributed by atoms with Crippen molar-refractivity contribution in [2.24, 2.45) is 5.92 Å². The number of urea groups is 1. The molecule has 2 heterocycles. The van der Waals surface area contributed by atoms with Gasteiger partial charge in [0.05, 0.1) is 16.9 Å². The van der Waals surface area contributed by atoms with Crippen LogP contribution in [0.1, 0.15) is 38.2 Å². The highest BCUT2D eigenvalue weighted by Gasteiger charge is 2.56. The summed E-state index contributed by atoms with van der Waals surface area (Å²) in [7, 11) is 0. The van der Waals surface area contributed by atoms with Gasteiger partial charge in [-0.05, 0) is 56.7 Å². The SMILES string of the molecule is C[C@@]1(C2CC2)NC(=O)N(CC(=O)Nc2cc(C(F)(F)F)ccc2N2CCCC2)C1=O. The molecule has 2 saturated heterocycles. The average Bonchev–Trinajstić information content (AvgIpc) is 3.35.